The van der Waals surface area contributed by atoms with Gasteiger partial charge in [0.05, 0.1) is 10.5 Å². The maximum Gasteiger partial charge on any atom is 0.416 e. The fraction of sp³-hybridized carbons (Fsp3) is 0.417. The van der Waals surface area contributed by atoms with E-state index in [-0.39, 0.29) is 0 Å². The minimum absolute atomic E-state index is 0.310. The average molecular weight is 322 g/mol. The number of benzene rings is 1. The molecule has 1 atom stereocenters. The zero-order valence-electron chi connectivity index (χ0n) is 10.8. The fourth-order valence-electron chi connectivity index (χ4n) is 1.98. The first kappa shape index (κ1) is 15.8. The molecule has 0 bridgehead atoms. The highest BCUT2D eigenvalue weighted by molar-refractivity contribution is 7.89. The summed E-state index contributed by atoms with van der Waals surface area (Å²) in [4.78, 5) is 11.0. The lowest BCUT2D eigenvalue weighted by atomic mass is 10.1. The van der Waals surface area contributed by atoms with Gasteiger partial charge in [0.1, 0.15) is 6.04 Å². The lowest BCUT2D eigenvalue weighted by Crippen LogP contribution is -2.50. The normalized spacial score (nSPS) is 20.1. The highest BCUT2D eigenvalue weighted by Crippen LogP contribution is 2.30. The molecular formula is C12H13F3N2O3S. The lowest BCUT2D eigenvalue weighted by molar-refractivity contribution is -0.137. The Bertz CT molecular complexity index is 643. The van der Waals surface area contributed by atoms with Gasteiger partial charge in [0.2, 0.25) is 15.9 Å². The zero-order valence-corrected chi connectivity index (χ0v) is 11.6. The standard InChI is InChI=1S/C12H13F3N2O3S/c13-12(14,15)8-3-1-4-9(7-8)21(19,20)17-10-5-2-6-16-11(10)18/h1,3-4,7,10,17H,2,5-6H2,(H,16,18). The predicted molar refractivity (Wildman–Crippen MR) is 67.8 cm³/mol. The van der Waals surface area contributed by atoms with Crippen molar-refractivity contribution in [2.45, 2.75) is 30.0 Å². The van der Waals surface area contributed by atoms with Gasteiger partial charge in [-0.3, -0.25) is 4.79 Å². The molecule has 1 unspecified atom stereocenters. The number of halogens is 3. The molecule has 9 heteroatoms. The van der Waals surface area contributed by atoms with E-state index in [4.69, 9.17) is 0 Å². The van der Waals surface area contributed by atoms with E-state index in [0.29, 0.717) is 25.5 Å². The maximum atomic E-state index is 12.6. The number of sulfonamides is 1. The van der Waals surface area contributed by atoms with E-state index in [1.807, 2.05) is 0 Å². The minimum Gasteiger partial charge on any atom is -0.355 e. The van der Waals surface area contributed by atoms with Crippen LogP contribution in [0.2, 0.25) is 0 Å². The highest BCUT2D eigenvalue weighted by atomic mass is 32.2. The number of nitrogens with one attached hydrogen (secondary N) is 2. The molecule has 0 spiro atoms. The summed E-state index contributed by atoms with van der Waals surface area (Å²) in [6.07, 6.45) is -3.72. The Morgan fingerprint density at radius 2 is 2.00 bits per heavy atom. The van der Waals surface area contributed by atoms with Gasteiger partial charge in [-0.1, -0.05) is 6.07 Å². The molecule has 1 aromatic rings. The Morgan fingerprint density at radius 1 is 1.29 bits per heavy atom. The average Bonchev–Trinajstić information content (AvgIpc) is 2.40. The second-order valence-electron chi connectivity index (χ2n) is 4.63. The second-order valence-corrected chi connectivity index (χ2v) is 6.35. The van der Waals surface area contributed by atoms with Crippen molar-refractivity contribution in [2.24, 2.45) is 0 Å². The van der Waals surface area contributed by atoms with Crippen LogP contribution in [0.1, 0.15) is 18.4 Å². The highest BCUT2D eigenvalue weighted by Gasteiger charge is 2.33. The van der Waals surface area contributed by atoms with Crippen LogP contribution < -0.4 is 10.0 Å². The molecule has 2 rings (SSSR count). The van der Waals surface area contributed by atoms with Gasteiger partial charge in [0.15, 0.2) is 0 Å². The molecule has 1 heterocycles. The van der Waals surface area contributed by atoms with Crippen molar-refractivity contribution in [3.8, 4) is 0 Å². The molecule has 2 N–H and O–H groups in total. The molecule has 0 saturated carbocycles. The molecule has 21 heavy (non-hydrogen) atoms. The van der Waals surface area contributed by atoms with Gasteiger partial charge in [0.25, 0.3) is 0 Å². The number of alkyl halides is 3. The number of amides is 1. The molecule has 1 aliphatic rings. The van der Waals surface area contributed by atoms with E-state index in [1.54, 1.807) is 0 Å². The molecule has 1 saturated heterocycles. The van der Waals surface area contributed by atoms with Crippen LogP contribution in [0.3, 0.4) is 0 Å². The largest absolute Gasteiger partial charge is 0.416 e. The quantitative estimate of drug-likeness (QED) is 0.880. The van der Waals surface area contributed by atoms with Crippen LogP contribution in [0.5, 0.6) is 0 Å². The van der Waals surface area contributed by atoms with Gasteiger partial charge in [0, 0.05) is 6.54 Å². The summed E-state index contributed by atoms with van der Waals surface area (Å²) in [7, 11) is -4.19. The molecule has 5 nitrogen and oxygen atoms in total. The van der Waals surface area contributed by atoms with E-state index in [9.17, 15) is 26.4 Å². The summed E-state index contributed by atoms with van der Waals surface area (Å²) in [6.45, 7) is 0.459. The summed E-state index contributed by atoms with van der Waals surface area (Å²) in [6, 6.07) is 2.43. The molecule has 0 radical (unpaired) electrons. The predicted octanol–water partition coefficient (Wildman–Crippen LogP) is 1.26. The summed E-state index contributed by atoms with van der Waals surface area (Å²) in [5, 5.41) is 2.50. The number of carbonyl (C=O) groups is 1. The molecule has 116 valence electrons. The number of hydrogen-bond acceptors (Lipinski definition) is 3. The fourth-order valence-corrected chi connectivity index (χ4v) is 3.25. The summed E-state index contributed by atoms with van der Waals surface area (Å²) in [5.41, 5.74) is -1.06. The van der Waals surface area contributed by atoms with Crippen molar-refractivity contribution < 1.29 is 26.4 Å². The van der Waals surface area contributed by atoms with Gasteiger partial charge < -0.3 is 5.32 Å². The van der Waals surface area contributed by atoms with E-state index in [1.165, 1.54) is 0 Å². The van der Waals surface area contributed by atoms with Gasteiger partial charge >= 0.3 is 6.18 Å². The van der Waals surface area contributed by atoms with Crippen molar-refractivity contribution in [2.75, 3.05) is 6.54 Å². The van der Waals surface area contributed by atoms with Crippen LogP contribution in [-0.2, 0) is 21.0 Å². The Morgan fingerprint density at radius 3 is 2.62 bits per heavy atom. The van der Waals surface area contributed by atoms with Crippen molar-refractivity contribution >= 4 is 15.9 Å². The first-order chi connectivity index (χ1) is 9.70. The van der Waals surface area contributed by atoms with E-state index >= 15 is 0 Å². The molecular weight excluding hydrogens is 309 g/mol. The van der Waals surface area contributed by atoms with Gasteiger partial charge in [-0.25, -0.2) is 8.42 Å². The third kappa shape index (κ3) is 3.73. The smallest absolute Gasteiger partial charge is 0.355 e. The van der Waals surface area contributed by atoms with Crippen molar-refractivity contribution in [1.29, 1.82) is 0 Å². The zero-order chi connectivity index (χ0) is 15.7. The Labute approximate surface area is 119 Å². The Balaban J connectivity index is 2.25. The Kier molecular flexibility index (Phi) is 4.24. The topological polar surface area (TPSA) is 75.3 Å². The third-order valence-corrected chi connectivity index (χ3v) is 4.52. The van der Waals surface area contributed by atoms with Crippen LogP contribution in [0, 0.1) is 0 Å². The van der Waals surface area contributed by atoms with Gasteiger partial charge in [-0.2, -0.15) is 17.9 Å². The van der Waals surface area contributed by atoms with E-state index in [0.717, 1.165) is 18.2 Å². The van der Waals surface area contributed by atoms with E-state index in [2.05, 4.69) is 10.0 Å². The lowest BCUT2D eigenvalue weighted by Gasteiger charge is -2.22. The molecule has 1 amide bonds. The molecule has 1 aromatic carbocycles. The number of piperidine rings is 1. The SMILES string of the molecule is O=C1NCCCC1NS(=O)(=O)c1cccc(C(F)(F)F)c1. The maximum absolute atomic E-state index is 12.6. The van der Waals surface area contributed by atoms with Crippen molar-refractivity contribution in [3.05, 3.63) is 29.8 Å². The summed E-state index contributed by atoms with van der Waals surface area (Å²) in [5.74, 6) is -0.475. The van der Waals surface area contributed by atoms with E-state index < -0.39 is 38.6 Å². The van der Waals surface area contributed by atoms with Crippen LogP contribution in [0.25, 0.3) is 0 Å². The second kappa shape index (κ2) is 5.64. The molecule has 0 aliphatic carbocycles. The number of rotatable bonds is 3. The first-order valence-electron chi connectivity index (χ1n) is 6.17. The summed E-state index contributed by atoms with van der Waals surface area (Å²) < 4.78 is 64.1. The third-order valence-electron chi connectivity index (χ3n) is 3.05. The molecule has 1 aliphatic heterocycles. The van der Waals surface area contributed by atoms with Crippen molar-refractivity contribution in [3.63, 3.8) is 0 Å². The Hall–Kier alpha value is -1.61. The number of carbonyl (C=O) groups excluding carboxylic acids is 1. The molecule has 1 fully saturated rings. The van der Waals surface area contributed by atoms with Crippen LogP contribution >= 0.6 is 0 Å². The summed E-state index contributed by atoms with van der Waals surface area (Å²) >= 11 is 0. The van der Waals surface area contributed by atoms with Crippen LogP contribution in [0.4, 0.5) is 13.2 Å². The van der Waals surface area contributed by atoms with Gasteiger partial charge in [-0.05, 0) is 31.0 Å². The molecule has 0 aromatic heterocycles. The van der Waals surface area contributed by atoms with Crippen LogP contribution in [-0.4, -0.2) is 26.9 Å². The monoisotopic (exact) mass is 322 g/mol. The minimum atomic E-state index is -4.63. The van der Waals surface area contributed by atoms with Crippen LogP contribution in [0.15, 0.2) is 29.2 Å². The first-order valence-corrected chi connectivity index (χ1v) is 7.66. The van der Waals surface area contributed by atoms with Crippen molar-refractivity contribution in [1.82, 2.24) is 10.0 Å². The van der Waals surface area contributed by atoms with Gasteiger partial charge in [-0.15, -0.1) is 0 Å². The number of hydrogen-bond donors (Lipinski definition) is 2.